The third-order valence-corrected chi connectivity index (χ3v) is 10.4. The van der Waals surface area contributed by atoms with Crippen molar-refractivity contribution < 1.29 is 34.2 Å². The monoisotopic (exact) mass is 964 g/mol. The largest absolute Gasteiger partial charge is 0.494 e. The summed E-state index contributed by atoms with van der Waals surface area (Å²) in [6.45, 7) is 29.4. The van der Waals surface area contributed by atoms with E-state index in [1.807, 2.05) is 43.8 Å². The maximum atomic E-state index is 12.2. The first kappa shape index (κ1) is 48.4. The molecule has 3 aromatic heterocycles. The molecule has 6 heterocycles. The minimum absolute atomic E-state index is 0.0167. The number of carbonyl (C=O) groups excluding carboxylic acids is 5. The zero-order valence-electron chi connectivity index (χ0n) is 36.5. The van der Waals surface area contributed by atoms with E-state index in [0.717, 1.165) is 5.39 Å². The highest BCUT2D eigenvalue weighted by Crippen LogP contribution is 2.36. The van der Waals surface area contributed by atoms with Crippen LogP contribution in [0.1, 0.15) is 40.3 Å². The van der Waals surface area contributed by atoms with Crippen LogP contribution in [0.2, 0.25) is 0 Å². The molecule has 1 saturated heterocycles. The molecule has 0 aliphatic carbocycles. The number of aromatic nitrogens is 5. The van der Waals surface area contributed by atoms with Crippen molar-refractivity contribution in [3.05, 3.63) is 204 Å². The van der Waals surface area contributed by atoms with Crippen LogP contribution in [-0.4, -0.2) is 89.7 Å². The average Bonchev–Trinajstić information content (AvgIpc) is 4.04. The van der Waals surface area contributed by atoms with Crippen LogP contribution in [0.3, 0.4) is 0 Å². The molecule has 3 aliphatic heterocycles. The minimum Gasteiger partial charge on any atom is -0.494 e. The van der Waals surface area contributed by atoms with Crippen molar-refractivity contribution in [2.45, 2.75) is 6.92 Å². The third kappa shape index (κ3) is 8.88. The zero-order chi connectivity index (χ0) is 52.1. The van der Waals surface area contributed by atoms with Crippen LogP contribution >= 0.6 is 0 Å². The number of aromatic amines is 5. The van der Waals surface area contributed by atoms with Crippen LogP contribution < -0.4 is 43.8 Å². The van der Waals surface area contributed by atoms with Gasteiger partial charge in [0.2, 0.25) is 11.8 Å². The fraction of sp³-hybridized carbons (Fsp3) is 0.0213. The molecule has 9 N–H and O–H groups in total. The van der Waals surface area contributed by atoms with Crippen LogP contribution in [0.4, 0.5) is 4.79 Å². The predicted molar refractivity (Wildman–Crippen MR) is 257 cm³/mol. The second kappa shape index (κ2) is 19.8. The number of carbonyl (C=O) groups is 5. The molecule has 0 spiro atoms. The van der Waals surface area contributed by atoms with Crippen LogP contribution in [-0.2, 0) is 19.2 Å². The summed E-state index contributed by atoms with van der Waals surface area (Å²) in [5, 5.41) is 26.4. The van der Waals surface area contributed by atoms with E-state index in [1.165, 1.54) is 0 Å². The van der Waals surface area contributed by atoms with Gasteiger partial charge in [-0.3, -0.25) is 64.3 Å². The van der Waals surface area contributed by atoms with E-state index in [2.05, 4.69) is 57.9 Å². The molecule has 9 rings (SSSR count). The normalized spacial score (nSPS) is 14.6. The molecule has 0 bridgehead atoms. The van der Waals surface area contributed by atoms with Gasteiger partial charge in [-0.2, -0.15) is 0 Å². The molecule has 72 heavy (non-hydrogen) atoms. The molecule has 1 fully saturated rings. The van der Waals surface area contributed by atoms with E-state index < -0.39 is 69.5 Å². The number of amides is 6. The first-order valence-corrected chi connectivity index (χ1v) is 20.1. The molecule has 352 valence electrons. The Morgan fingerprint density at radius 1 is 0.569 bits per heavy atom. The number of imide groups is 2. The number of benzene rings is 3. The maximum Gasteiger partial charge on any atom is 0.328 e. The molecular weight excluding hydrogens is 937 g/mol. The Kier molecular flexibility index (Phi) is 13.3. The highest BCUT2D eigenvalue weighted by atomic mass is 16.3. The van der Waals surface area contributed by atoms with Crippen molar-refractivity contribution in [2.24, 2.45) is 20.0 Å². The summed E-state index contributed by atoms with van der Waals surface area (Å²) in [5.41, 5.74) is -3.11. The lowest BCUT2D eigenvalue weighted by Crippen LogP contribution is -2.51. The van der Waals surface area contributed by atoms with E-state index in [4.69, 9.17) is 19.7 Å². The quantitative estimate of drug-likeness (QED) is 0.0510. The Labute approximate surface area is 399 Å². The van der Waals surface area contributed by atoms with Crippen LogP contribution in [0.25, 0.3) is 48.1 Å². The number of barbiturate groups is 1. The summed E-state index contributed by atoms with van der Waals surface area (Å²) in [5.74, 6) is -4.81. The topological polar surface area (TPSA) is 360 Å². The van der Waals surface area contributed by atoms with Crippen molar-refractivity contribution in [3.8, 4) is 11.8 Å². The van der Waals surface area contributed by atoms with Gasteiger partial charge < -0.3 is 15.2 Å². The third-order valence-electron chi connectivity index (χ3n) is 10.4. The van der Waals surface area contributed by atoms with Crippen LogP contribution in [0.5, 0.6) is 11.8 Å². The van der Waals surface area contributed by atoms with Gasteiger partial charge in [-0.1, -0.05) is 72.8 Å². The van der Waals surface area contributed by atoms with E-state index in [-0.39, 0.29) is 45.3 Å². The van der Waals surface area contributed by atoms with Crippen molar-refractivity contribution in [1.82, 2.24) is 35.6 Å². The van der Waals surface area contributed by atoms with Gasteiger partial charge in [0.05, 0.1) is 47.9 Å². The smallest absolute Gasteiger partial charge is 0.328 e. The van der Waals surface area contributed by atoms with Crippen molar-refractivity contribution in [1.29, 1.82) is 0 Å². The van der Waals surface area contributed by atoms with E-state index in [1.54, 1.807) is 61.5 Å². The Bertz CT molecular complexity index is 4120. The summed E-state index contributed by atoms with van der Waals surface area (Å²) in [6.07, 6.45) is 0. The van der Waals surface area contributed by atoms with E-state index in [0.29, 0.717) is 44.0 Å². The summed E-state index contributed by atoms with van der Waals surface area (Å²) in [4.78, 5) is 142. The highest BCUT2D eigenvalue weighted by molar-refractivity contribution is 6.35. The fourth-order valence-electron chi connectivity index (χ4n) is 7.35. The molecule has 3 aliphatic rings. The van der Waals surface area contributed by atoms with Gasteiger partial charge in [0.1, 0.15) is 16.7 Å². The van der Waals surface area contributed by atoms with E-state index >= 15 is 0 Å². The lowest BCUT2D eigenvalue weighted by Gasteiger charge is -2.15. The molecule has 0 saturated carbocycles. The second-order valence-electron chi connectivity index (χ2n) is 14.6. The molecule has 6 aromatic rings. The summed E-state index contributed by atoms with van der Waals surface area (Å²) < 4.78 is 0. The van der Waals surface area contributed by atoms with Crippen LogP contribution in [0.15, 0.2) is 123 Å². The molecule has 3 aromatic carbocycles. The number of nitrogens with one attached hydrogen (secondary N) is 7. The zero-order valence-corrected chi connectivity index (χ0v) is 36.5. The lowest BCUT2D eigenvalue weighted by atomic mass is 9.98. The average molecular weight is 965 g/mol. The van der Waals surface area contributed by atoms with Crippen molar-refractivity contribution >= 4 is 88.1 Å². The SMILES string of the molecule is O=C1NC(=O)C(=C2N=C(c3c(O)[nH]c(=O)[nH]c3=O)c3ccccc32)C(=O)N1.[C-]#[N+]/C(C(=O)N=C)=C1/N=C(c2c(O)[nH]c(=O)[nH]c2=O)c2ccccc21.[C-]#[N+]/C(C)=c1/[nH]/c(=C(/[N+]#[C-])C(=O)N=C)c2ccccc12. The number of urea groups is 1. The van der Waals surface area contributed by atoms with Crippen molar-refractivity contribution in [2.75, 3.05) is 0 Å². The second-order valence-corrected chi connectivity index (χ2v) is 14.6. The highest BCUT2D eigenvalue weighted by Gasteiger charge is 2.36. The fourth-order valence-corrected chi connectivity index (χ4v) is 7.35. The molecule has 25 heteroatoms. The molecule has 0 atom stereocenters. The van der Waals surface area contributed by atoms with Gasteiger partial charge in [-0.25, -0.2) is 43.9 Å². The molecule has 0 radical (unpaired) electrons. The first-order valence-electron chi connectivity index (χ1n) is 20.1. The number of H-pyrrole nitrogens is 5. The number of aliphatic imine (C=N–C) groups is 4. The van der Waals surface area contributed by atoms with Gasteiger partial charge in [-0.05, 0) is 36.7 Å². The Hall–Kier alpha value is -11.5. The van der Waals surface area contributed by atoms with Gasteiger partial charge >= 0.3 is 17.4 Å². The molecular formula is C47H28N14O11. The van der Waals surface area contributed by atoms with E-state index in [9.17, 15) is 53.4 Å². The Morgan fingerprint density at radius 3 is 1.50 bits per heavy atom. The number of nitrogens with zero attached hydrogens (tertiary/aromatic N) is 7. The first-order chi connectivity index (χ1) is 34.5. The van der Waals surface area contributed by atoms with Gasteiger partial charge in [0.25, 0.3) is 46.1 Å². The number of fused-ring (bicyclic) bond motifs is 3. The Morgan fingerprint density at radius 2 is 1.01 bits per heavy atom. The number of rotatable bonds is 4. The molecule has 0 unspecified atom stereocenters. The summed E-state index contributed by atoms with van der Waals surface area (Å²) in [7, 11) is 0. The number of aromatic hydroxyl groups is 2. The van der Waals surface area contributed by atoms with Gasteiger partial charge in [0.15, 0.2) is 5.70 Å². The standard InChI is InChI=1S/C16H9N5O6.C16H9N5O4.C15H10N4O/c22-11-7(12(23)19-15(26)18-11)9-5-3-1-2-4-6(5)10(17-9)8-13(24)20-16(27)21-14(8)25;1-17-12(15(24)18-2)11-8-6-4-3-5-7(8)10(19-11)9-13(22)20-16(25)21-14(9)23;1-9(16-2)12-10-7-5-6-8-11(10)13(19-12)14(17-3)15(20)18-4/h1-4H,(H2,18,19,22,23,26)(H3,20,21,24,25,27);3-6H,2H2,(H3,20,21,22,23,25);5-8,19H,4H2,1H3/b;12-11+;12-9+,14-13+. The lowest BCUT2D eigenvalue weighted by molar-refractivity contribution is -0.124. The molecule has 6 amide bonds. The van der Waals surface area contributed by atoms with Gasteiger partial charge in [0, 0.05) is 22.0 Å². The summed E-state index contributed by atoms with van der Waals surface area (Å²) >= 11 is 0. The number of hydrogen-bond acceptors (Lipinski definition) is 13. The Balaban J connectivity index is 0.000000160. The van der Waals surface area contributed by atoms with Crippen molar-refractivity contribution in [3.63, 3.8) is 0 Å². The number of hydrogen-bond donors (Lipinski definition) is 9. The maximum absolute atomic E-state index is 12.2. The minimum atomic E-state index is -0.959. The predicted octanol–water partition coefficient (Wildman–Crippen LogP) is 0.602. The van der Waals surface area contributed by atoms with Crippen LogP contribution in [0, 0.1) is 19.7 Å². The molecule has 25 nitrogen and oxygen atoms in total. The summed E-state index contributed by atoms with van der Waals surface area (Å²) in [6, 6.07) is 19.3. The van der Waals surface area contributed by atoms with Gasteiger partial charge in [-0.15, -0.1) is 0 Å².